The second-order valence-corrected chi connectivity index (χ2v) is 6.70. The Hall–Kier alpha value is -2.14. The number of aliphatic hydroxyl groups is 1. The van der Waals surface area contributed by atoms with Gasteiger partial charge in [0, 0.05) is 12.7 Å². The van der Waals surface area contributed by atoms with Crippen LogP contribution in [-0.2, 0) is 11.2 Å². The monoisotopic (exact) mass is 313 g/mol. The molecule has 1 aromatic heterocycles. The molecule has 1 aromatic carbocycles. The Morgan fingerprint density at radius 2 is 2.09 bits per heavy atom. The predicted molar refractivity (Wildman–Crippen MR) is 88.3 cm³/mol. The van der Waals surface area contributed by atoms with Gasteiger partial charge in [-0.15, -0.1) is 0 Å². The summed E-state index contributed by atoms with van der Waals surface area (Å²) < 4.78 is 1.78. The molecular formula is C18H23N3O2. The molecule has 1 atom stereocenters. The number of para-hydroxylation sites is 1. The van der Waals surface area contributed by atoms with Crippen molar-refractivity contribution < 1.29 is 9.90 Å². The van der Waals surface area contributed by atoms with E-state index in [1.165, 1.54) is 0 Å². The molecule has 23 heavy (non-hydrogen) atoms. The minimum Gasteiger partial charge on any atom is -0.388 e. The number of amides is 1. The fraction of sp³-hybridized carbons (Fsp3) is 0.444. The van der Waals surface area contributed by atoms with E-state index in [-0.39, 0.29) is 11.9 Å². The van der Waals surface area contributed by atoms with Gasteiger partial charge in [0.05, 0.1) is 29.9 Å². The number of hydrogen-bond acceptors (Lipinski definition) is 3. The van der Waals surface area contributed by atoms with Crippen LogP contribution in [0.2, 0.25) is 0 Å². The van der Waals surface area contributed by atoms with Crippen molar-refractivity contribution in [2.45, 2.75) is 44.8 Å². The van der Waals surface area contributed by atoms with Gasteiger partial charge in [-0.25, -0.2) is 4.68 Å². The SMILES string of the molecule is CC(C)(O)C1CCCN1C(=O)Cc1cnn(-c2ccccc2)c1. The normalized spacial score (nSPS) is 18.4. The van der Waals surface area contributed by atoms with E-state index in [2.05, 4.69) is 5.10 Å². The van der Waals surface area contributed by atoms with Crippen LogP contribution in [0.1, 0.15) is 32.3 Å². The molecule has 1 unspecified atom stereocenters. The largest absolute Gasteiger partial charge is 0.388 e. The van der Waals surface area contributed by atoms with Gasteiger partial charge in [-0.3, -0.25) is 4.79 Å². The van der Waals surface area contributed by atoms with Gasteiger partial charge >= 0.3 is 0 Å². The lowest BCUT2D eigenvalue weighted by atomic mass is 9.96. The van der Waals surface area contributed by atoms with Gasteiger partial charge in [-0.2, -0.15) is 5.10 Å². The first-order valence-electron chi connectivity index (χ1n) is 8.06. The van der Waals surface area contributed by atoms with Crippen LogP contribution in [0.3, 0.4) is 0 Å². The quantitative estimate of drug-likeness (QED) is 0.941. The van der Waals surface area contributed by atoms with Crippen LogP contribution in [0.15, 0.2) is 42.7 Å². The van der Waals surface area contributed by atoms with Crippen molar-refractivity contribution in [2.24, 2.45) is 0 Å². The van der Waals surface area contributed by atoms with Crippen LogP contribution >= 0.6 is 0 Å². The summed E-state index contributed by atoms with van der Waals surface area (Å²) in [5.74, 6) is 0.0576. The predicted octanol–water partition coefficient (Wildman–Crippen LogP) is 2.18. The van der Waals surface area contributed by atoms with Gasteiger partial charge in [-0.05, 0) is 44.4 Å². The number of nitrogens with zero attached hydrogens (tertiary/aromatic N) is 3. The van der Waals surface area contributed by atoms with E-state index in [0.29, 0.717) is 6.42 Å². The maximum Gasteiger partial charge on any atom is 0.227 e. The van der Waals surface area contributed by atoms with Crippen molar-refractivity contribution >= 4 is 5.91 Å². The molecule has 0 spiro atoms. The average molecular weight is 313 g/mol. The number of carbonyl (C=O) groups is 1. The van der Waals surface area contributed by atoms with Crippen molar-refractivity contribution in [3.63, 3.8) is 0 Å². The third-order valence-corrected chi connectivity index (χ3v) is 4.40. The number of rotatable bonds is 4. The van der Waals surface area contributed by atoms with Gasteiger partial charge < -0.3 is 10.0 Å². The molecule has 2 aromatic rings. The second kappa shape index (κ2) is 6.16. The third-order valence-electron chi connectivity index (χ3n) is 4.40. The molecule has 1 amide bonds. The standard InChI is InChI=1S/C18H23N3O2/c1-18(2,23)16-9-6-10-20(16)17(22)11-14-12-19-21(13-14)15-7-4-3-5-8-15/h3-5,7-8,12-13,16,23H,6,9-11H2,1-2H3. The first kappa shape index (κ1) is 15.7. The Kier molecular flexibility index (Phi) is 4.22. The zero-order chi connectivity index (χ0) is 16.4. The molecule has 3 rings (SSSR count). The maximum absolute atomic E-state index is 12.6. The minimum atomic E-state index is -0.861. The Bertz CT molecular complexity index is 673. The van der Waals surface area contributed by atoms with Crippen LogP contribution in [0.4, 0.5) is 0 Å². The van der Waals surface area contributed by atoms with E-state index in [9.17, 15) is 9.90 Å². The number of aromatic nitrogens is 2. The highest BCUT2D eigenvalue weighted by Crippen LogP contribution is 2.27. The number of carbonyl (C=O) groups excluding carboxylic acids is 1. The van der Waals surface area contributed by atoms with Gasteiger partial charge in [-0.1, -0.05) is 18.2 Å². The lowest BCUT2D eigenvalue weighted by molar-refractivity contribution is -0.135. The zero-order valence-electron chi connectivity index (χ0n) is 13.6. The smallest absolute Gasteiger partial charge is 0.227 e. The Morgan fingerprint density at radius 1 is 1.35 bits per heavy atom. The Morgan fingerprint density at radius 3 is 2.78 bits per heavy atom. The highest BCUT2D eigenvalue weighted by atomic mass is 16.3. The van der Waals surface area contributed by atoms with Crippen LogP contribution in [0, 0.1) is 0 Å². The fourth-order valence-electron chi connectivity index (χ4n) is 3.25. The molecule has 1 aliphatic heterocycles. The first-order chi connectivity index (χ1) is 10.9. The molecule has 0 radical (unpaired) electrons. The lowest BCUT2D eigenvalue weighted by Crippen LogP contribution is -2.48. The molecule has 1 N–H and O–H groups in total. The number of likely N-dealkylation sites (tertiary alicyclic amines) is 1. The van der Waals surface area contributed by atoms with Crippen molar-refractivity contribution in [2.75, 3.05) is 6.54 Å². The highest BCUT2D eigenvalue weighted by Gasteiger charge is 2.38. The summed E-state index contributed by atoms with van der Waals surface area (Å²) in [6.45, 7) is 4.27. The van der Waals surface area contributed by atoms with Crippen LogP contribution < -0.4 is 0 Å². The molecule has 0 saturated carbocycles. The summed E-state index contributed by atoms with van der Waals surface area (Å²) >= 11 is 0. The molecule has 1 fully saturated rings. The van der Waals surface area contributed by atoms with E-state index < -0.39 is 5.60 Å². The van der Waals surface area contributed by atoms with Crippen molar-refractivity contribution in [3.8, 4) is 5.69 Å². The summed E-state index contributed by atoms with van der Waals surface area (Å²) in [5, 5.41) is 14.6. The van der Waals surface area contributed by atoms with E-state index in [1.807, 2.05) is 41.4 Å². The number of hydrogen-bond donors (Lipinski definition) is 1. The first-order valence-corrected chi connectivity index (χ1v) is 8.06. The summed E-state index contributed by atoms with van der Waals surface area (Å²) in [6, 6.07) is 9.73. The van der Waals surface area contributed by atoms with Crippen molar-refractivity contribution in [1.82, 2.24) is 14.7 Å². The molecular weight excluding hydrogens is 290 g/mol. The second-order valence-electron chi connectivity index (χ2n) is 6.70. The molecule has 5 nitrogen and oxygen atoms in total. The molecule has 1 saturated heterocycles. The number of benzene rings is 1. The fourth-order valence-corrected chi connectivity index (χ4v) is 3.25. The molecule has 0 aliphatic carbocycles. The van der Waals surface area contributed by atoms with Crippen LogP contribution in [-0.4, -0.2) is 43.9 Å². The van der Waals surface area contributed by atoms with E-state index in [1.54, 1.807) is 24.7 Å². The maximum atomic E-state index is 12.6. The van der Waals surface area contributed by atoms with E-state index >= 15 is 0 Å². The lowest BCUT2D eigenvalue weighted by Gasteiger charge is -2.33. The van der Waals surface area contributed by atoms with E-state index in [0.717, 1.165) is 30.6 Å². The summed E-state index contributed by atoms with van der Waals surface area (Å²) in [6.07, 6.45) is 5.75. The molecule has 0 bridgehead atoms. The summed E-state index contributed by atoms with van der Waals surface area (Å²) in [4.78, 5) is 14.4. The topological polar surface area (TPSA) is 58.4 Å². The zero-order valence-corrected chi connectivity index (χ0v) is 13.6. The summed E-state index contributed by atoms with van der Waals surface area (Å²) in [5.41, 5.74) is 1.00. The van der Waals surface area contributed by atoms with Gasteiger partial charge in [0.1, 0.15) is 0 Å². The van der Waals surface area contributed by atoms with Gasteiger partial charge in [0.25, 0.3) is 0 Å². The molecule has 1 aliphatic rings. The van der Waals surface area contributed by atoms with Crippen molar-refractivity contribution in [3.05, 3.63) is 48.3 Å². The Labute approximate surface area is 136 Å². The molecule has 2 heterocycles. The summed E-state index contributed by atoms with van der Waals surface area (Å²) in [7, 11) is 0. The molecule has 5 heteroatoms. The van der Waals surface area contributed by atoms with Crippen molar-refractivity contribution in [1.29, 1.82) is 0 Å². The van der Waals surface area contributed by atoms with Gasteiger partial charge in [0.15, 0.2) is 0 Å². The van der Waals surface area contributed by atoms with Gasteiger partial charge in [0.2, 0.25) is 5.91 Å². The minimum absolute atomic E-state index is 0.0576. The van der Waals surface area contributed by atoms with Crippen LogP contribution in [0.5, 0.6) is 0 Å². The van der Waals surface area contributed by atoms with Crippen LogP contribution in [0.25, 0.3) is 5.69 Å². The average Bonchev–Trinajstić information content (AvgIpc) is 3.16. The molecule has 122 valence electrons. The van der Waals surface area contributed by atoms with E-state index in [4.69, 9.17) is 0 Å². The highest BCUT2D eigenvalue weighted by molar-refractivity contribution is 5.79. The third kappa shape index (κ3) is 3.45. The Balaban J connectivity index is 1.70.